The molecule has 1 fully saturated rings. The quantitative estimate of drug-likeness (QED) is 0.627. The molecule has 1 amide bonds. The maximum atomic E-state index is 12.7. The second kappa shape index (κ2) is 8.34. The van der Waals surface area contributed by atoms with Gasteiger partial charge in [0.05, 0.1) is 12.0 Å². The summed E-state index contributed by atoms with van der Waals surface area (Å²) in [6, 6.07) is 11.2. The summed E-state index contributed by atoms with van der Waals surface area (Å²) in [5.74, 6) is 1.36. The number of hydrogen-bond donors (Lipinski definition) is 0. The normalized spacial score (nSPS) is 15.0. The fraction of sp³-hybridized carbons (Fsp3) is 0.300. The van der Waals surface area contributed by atoms with Gasteiger partial charge in [0, 0.05) is 49.4 Å². The molecule has 6 nitrogen and oxygen atoms in total. The summed E-state index contributed by atoms with van der Waals surface area (Å²) in [7, 11) is 1.66. The molecule has 0 atom stereocenters. The molecule has 0 aliphatic carbocycles. The Balaban J connectivity index is 1.36. The van der Waals surface area contributed by atoms with E-state index in [1.807, 2.05) is 40.6 Å². The molecule has 28 heavy (non-hydrogen) atoms. The van der Waals surface area contributed by atoms with Crippen LogP contribution < -0.4 is 4.74 Å². The lowest BCUT2D eigenvalue weighted by Gasteiger charge is -2.34. The fourth-order valence-corrected chi connectivity index (χ4v) is 4.16. The number of halogens is 1. The van der Waals surface area contributed by atoms with Crippen LogP contribution in [0.5, 0.6) is 5.75 Å². The number of carbonyl (C=O) groups excluding carboxylic acids is 1. The largest absolute Gasteiger partial charge is 0.496 e. The number of aromatic nitrogens is 1. The van der Waals surface area contributed by atoms with Gasteiger partial charge < -0.3 is 14.2 Å². The lowest BCUT2D eigenvalue weighted by molar-refractivity contribution is 0.0617. The van der Waals surface area contributed by atoms with Gasteiger partial charge in [0.25, 0.3) is 5.91 Å². The molecule has 146 valence electrons. The Kier molecular flexibility index (Phi) is 5.66. The van der Waals surface area contributed by atoms with Crippen LogP contribution in [0.15, 0.2) is 46.3 Å². The number of rotatable bonds is 5. The van der Waals surface area contributed by atoms with Crippen LogP contribution in [0, 0.1) is 0 Å². The van der Waals surface area contributed by atoms with Crippen LogP contribution in [-0.4, -0.2) is 54.2 Å². The highest BCUT2D eigenvalue weighted by molar-refractivity contribution is 7.13. The van der Waals surface area contributed by atoms with Gasteiger partial charge in [0.2, 0.25) is 0 Å². The van der Waals surface area contributed by atoms with Crippen molar-refractivity contribution in [1.29, 1.82) is 0 Å². The molecular formula is C20H20ClN3O3S. The Hall–Kier alpha value is -2.35. The minimum absolute atomic E-state index is 0.0912. The van der Waals surface area contributed by atoms with Gasteiger partial charge in [-0.2, -0.15) is 0 Å². The first-order valence-electron chi connectivity index (χ1n) is 8.98. The van der Waals surface area contributed by atoms with E-state index in [4.69, 9.17) is 20.9 Å². The van der Waals surface area contributed by atoms with Crippen molar-refractivity contribution in [3.63, 3.8) is 0 Å². The highest BCUT2D eigenvalue weighted by Gasteiger charge is 2.25. The Labute approximate surface area is 172 Å². The van der Waals surface area contributed by atoms with Crippen molar-refractivity contribution < 1.29 is 14.1 Å². The lowest BCUT2D eigenvalue weighted by atomic mass is 10.1. The summed E-state index contributed by atoms with van der Waals surface area (Å²) in [5.41, 5.74) is 1.40. The molecule has 4 rings (SSSR count). The second-order valence-electron chi connectivity index (χ2n) is 6.58. The lowest BCUT2D eigenvalue weighted by Crippen LogP contribution is -2.48. The van der Waals surface area contributed by atoms with Crippen LogP contribution in [0.3, 0.4) is 0 Å². The summed E-state index contributed by atoms with van der Waals surface area (Å²) >= 11 is 7.68. The highest BCUT2D eigenvalue weighted by Crippen LogP contribution is 2.26. The minimum Gasteiger partial charge on any atom is -0.496 e. The third-order valence-corrected chi connectivity index (χ3v) is 5.91. The molecule has 1 saturated heterocycles. The zero-order valence-corrected chi connectivity index (χ0v) is 17.0. The number of carbonyl (C=O) groups is 1. The van der Waals surface area contributed by atoms with E-state index in [2.05, 4.69) is 10.1 Å². The van der Waals surface area contributed by atoms with Crippen LogP contribution in [0.1, 0.15) is 16.1 Å². The summed E-state index contributed by atoms with van der Waals surface area (Å²) in [6.07, 6.45) is 0. The SMILES string of the molecule is COc1ccc(Cl)cc1CN1CCN(C(=O)c2cc(-c3cccs3)on2)CC1. The van der Waals surface area contributed by atoms with E-state index in [1.54, 1.807) is 24.5 Å². The van der Waals surface area contributed by atoms with E-state index in [9.17, 15) is 4.79 Å². The maximum absolute atomic E-state index is 12.7. The van der Waals surface area contributed by atoms with Gasteiger partial charge in [-0.1, -0.05) is 22.8 Å². The van der Waals surface area contributed by atoms with Crippen molar-refractivity contribution in [2.45, 2.75) is 6.54 Å². The van der Waals surface area contributed by atoms with E-state index in [0.717, 1.165) is 35.8 Å². The monoisotopic (exact) mass is 417 g/mol. The first-order valence-corrected chi connectivity index (χ1v) is 10.2. The molecule has 1 aromatic carbocycles. The van der Waals surface area contributed by atoms with E-state index in [0.29, 0.717) is 29.6 Å². The van der Waals surface area contributed by atoms with Gasteiger partial charge in [-0.05, 0) is 29.6 Å². The standard InChI is InChI=1S/C20H20ClN3O3S/c1-26-17-5-4-15(21)11-14(17)13-23-6-8-24(9-7-23)20(25)16-12-18(27-22-16)19-3-2-10-28-19/h2-5,10-12H,6-9,13H2,1H3. The van der Waals surface area contributed by atoms with Gasteiger partial charge in [-0.15, -0.1) is 11.3 Å². The molecule has 1 aliphatic rings. The molecule has 0 bridgehead atoms. The zero-order valence-electron chi connectivity index (χ0n) is 15.4. The Bertz CT molecular complexity index is 950. The Morgan fingerprint density at radius 3 is 2.79 bits per heavy atom. The van der Waals surface area contributed by atoms with Crippen LogP contribution in [-0.2, 0) is 6.54 Å². The number of thiophene rings is 1. The zero-order chi connectivity index (χ0) is 19.5. The van der Waals surface area contributed by atoms with Gasteiger partial charge in [0.1, 0.15) is 5.75 Å². The van der Waals surface area contributed by atoms with Gasteiger partial charge >= 0.3 is 0 Å². The van der Waals surface area contributed by atoms with Crippen molar-refractivity contribution in [3.05, 3.63) is 58.1 Å². The molecule has 8 heteroatoms. The highest BCUT2D eigenvalue weighted by atomic mass is 35.5. The number of piperazine rings is 1. The fourth-order valence-electron chi connectivity index (χ4n) is 3.29. The summed E-state index contributed by atoms with van der Waals surface area (Å²) in [6.45, 7) is 3.57. The number of methoxy groups -OCH3 is 1. The number of hydrogen-bond acceptors (Lipinski definition) is 6. The third-order valence-electron chi connectivity index (χ3n) is 4.79. The predicted octanol–water partition coefficient (Wildman–Crippen LogP) is 4.02. The van der Waals surface area contributed by atoms with Crippen molar-refractivity contribution in [1.82, 2.24) is 15.0 Å². The Morgan fingerprint density at radius 1 is 1.25 bits per heavy atom. The first-order chi connectivity index (χ1) is 13.6. The number of nitrogens with zero attached hydrogens (tertiary/aromatic N) is 3. The first kappa shape index (κ1) is 19.0. The smallest absolute Gasteiger partial charge is 0.276 e. The van der Waals surface area contributed by atoms with E-state index < -0.39 is 0 Å². The molecule has 2 aromatic heterocycles. The molecule has 3 heterocycles. The molecule has 0 radical (unpaired) electrons. The van der Waals surface area contributed by atoms with Crippen molar-refractivity contribution in [2.24, 2.45) is 0 Å². The maximum Gasteiger partial charge on any atom is 0.276 e. The minimum atomic E-state index is -0.0912. The van der Waals surface area contributed by atoms with Crippen LogP contribution >= 0.6 is 22.9 Å². The van der Waals surface area contributed by atoms with Crippen molar-refractivity contribution in [3.8, 4) is 16.4 Å². The molecule has 1 aliphatic heterocycles. The summed E-state index contributed by atoms with van der Waals surface area (Å²) < 4.78 is 10.8. The van der Waals surface area contributed by atoms with Crippen LogP contribution in [0.25, 0.3) is 10.6 Å². The number of benzene rings is 1. The van der Waals surface area contributed by atoms with Gasteiger partial charge in [-0.25, -0.2) is 0 Å². The molecule has 3 aromatic rings. The van der Waals surface area contributed by atoms with Crippen LogP contribution in [0.2, 0.25) is 5.02 Å². The van der Waals surface area contributed by atoms with Crippen LogP contribution in [0.4, 0.5) is 0 Å². The van der Waals surface area contributed by atoms with Gasteiger partial charge in [0.15, 0.2) is 11.5 Å². The second-order valence-corrected chi connectivity index (χ2v) is 7.96. The molecule has 0 unspecified atom stereocenters. The number of ether oxygens (including phenoxy) is 1. The average molecular weight is 418 g/mol. The summed E-state index contributed by atoms with van der Waals surface area (Å²) in [5, 5.41) is 6.62. The topological polar surface area (TPSA) is 58.8 Å². The molecule has 0 saturated carbocycles. The van der Waals surface area contributed by atoms with E-state index in [-0.39, 0.29) is 5.91 Å². The molecule has 0 spiro atoms. The van der Waals surface area contributed by atoms with Crippen molar-refractivity contribution in [2.75, 3.05) is 33.3 Å². The van der Waals surface area contributed by atoms with E-state index in [1.165, 1.54) is 0 Å². The average Bonchev–Trinajstić information content (AvgIpc) is 3.40. The third kappa shape index (κ3) is 4.06. The predicted molar refractivity (Wildman–Crippen MR) is 109 cm³/mol. The summed E-state index contributed by atoms with van der Waals surface area (Å²) in [4.78, 5) is 17.8. The molecular weight excluding hydrogens is 398 g/mol. The molecule has 0 N–H and O–H groups in total. The van der Waals surface area contributed by atoms with Gasteiger partial charge in [-0.3, -0.25) is 9.69 Å². The van der Waals surface area contributed by atoms with Crippen molar-refractivity contribution >= 4 is 28.8 Å². The Morgan fingerprint density at radius 2 is 2.07 bits per heavy atom. The number of amides is 1. The van der Waals surface area contributed by atoms with E-state index >= 15 is 0 Å².